The van der Waals surface area contributed by atoms with Crippen LogP contribution in [0.5, 0.6) is 11.5 Å². The van der Waals surface area contributed by atoms with Gasteiger partial charge < -0.3 is 19.3 Å². The lowest BCUT2D eigenvalue weighted by molar-refractivity contribution is 0.0790. The summed E-state index contributed by atoms with van der Waals surface area (Å²) in [4.78, 5) is 21.6. The molecule has 1 aromatic carbocycles. The number of aryl methyl sites for hydroxylation is 1. The van der Waals surface area contributed by atoms with Gasteiger partial charge in [0, 0.05) is 55.7 Å². The summed E-state index contributed by atoms with van der Waals surface area (Å²) in [5.74, 6) is 1.64. The van der Waals surface area contributed by atoms with E-state index in [1.807, 2.05) is 25.9 Å². The number of carbonyl (C=O) groups excluding carboxylic acids is 1. The van der Waals surface area contributed by atoms with E-state index >= 15 is 0 Å². The number of likely N-dealkylation sites (tertiary alicyclic amines) is 1. The molecule has 0 aliphatic carbocycles. The molecule has 1 atom stereocenters. The number of rotatable bonds is 3. The maximum Gasteiger partial charge on any atom is 0.254 e. The fourth-order valence-electron chi connectivity index (χ4n) is 3.54. The summed E-state index contributed by atoms with van der Waals surface area (Å²) in [5, 5.41) is 0. The van der Waals surface area contributed by atoms with Crippen LogP contribution in [0.15, 0.2) is 30.3 Å². The van der Waals surface area contributed by atoms with Crippen LogP contribution in [0.1, 0.15) is 34.1 Å². The van der Waals surface area contributed by atoms with Crippen LogP contribution in [-0.4, -0.2) is 49.8 Å². The van der Waals surface area contributed by atoms with E-state index in [1.54, 1.807) is 18.2 Å². The van der Waals surface area contributed by atoms with Crippen LogP contribution in [0.3, 0.4) is 0 Å². The quantitative estimate of drug-likeness (QED) is 0.849. The van der Waals surface area contributed by atoms with E-state index in [0.717, 1.165) is 30.0 Å². The summed E-state index contributed by atoms with van der Waals surface area (Å²) in [6.07, 6.45) is 0.930. The fraction of sp³-hybridized carbons (Fsp3) is 0.400. The second-order valence-corrected chi connectivity index (χ2v) is 7.09. The van der Waals surface area contributed by atoms with Crippen molar-refractivity contribution in [3.63, 3.8) is 0 Å². The number of benzene rings is 1. The Hall–Kier alpha value is -2.76. The molecule has 2 aliphatic rings. The number of anilines is 1. The minimum Gasteiger partial charge on any atom is -0.454 e. The topological polar surface area (TPSA) is 54.9 Å². The number of pyridine rings is 1. The largest absolute Gasteiger partial charge is 0.454 e. The zero-order valence-corrected chi connectivity index (χ0v) is 15.4. The average Bonchev–Trinajstić information content (AvgIpc) is 3.29. The van der Waals surface area contributed by atoms with Gasteiger partial charge in [0.25, 0.3) is 5.91 Å². The first-order valence-corrected chi connectivity index (χ1v) is 8.86. The maximum absolute atomic E-state index is 12.9. The molecule has 0 radical (unpaired) electrons. The third kappa shape index (κ3) is 3.07. The molecule has 0 spiro atoms. The Morgan fingerprint density at radius 2 is 2.00 bits per heavy atom. The highest BCUT2D eigenvalue weighted by Crippen LogP contribution is 2.34. The molecule has 3 heterocycles. The molecule has 26 heavy (non-hydrogen) atoms. The number of hydrogen-bond donors (Lipinski definition) is 0. The first kappa shape index (κ1) is 16.7. The van der Waals surface area contributed by atoms with Crippen molar-refractivity contribution in [3.05, 3.63) is 47.3 Å². The molecule has 1 aromatic heterocycles. The predicted molar refractivity (Wildman–Crippen MR) is 99.1 cm³/mol. The molecule has 0 saturated carbocycles. The van der Waals surface area contributed by atoms with Gasteiger partial charge in [0.05, 0.1) is 0 Å². The van der Waals surface area contributed by atoms with Gasteiger partial charge in [0.2, 0.25) is 6.79 Å². The van der Waals surface area contributed by atoms with E-state index in [4.69, 9.17) is 14.5 Å². The van der Waals surface area contributed by atoms with Gasteiger partial charge in [-0.05, 0) is 43.7 Å². The van der Waals surface area contributed by atoms with Crippen LogP contribution in [0.25, 0.3) is 0 Å². The molecule has 1 saturated heterocycles. The van der Waals surface area contributed by atoms with E-state index in [1.165, 1.54) is 0 Å². The molecule has 4 rings (SSSR count). The molecule has 6 heteroatoms. The number of aromatic nitrogens is 1. The van der Waals surface area contributed by atoms with Crippen molar-refractivity contribution in [1.29, 1.82) is 0 Å². The Bertz CT molecular complexity index is 850. The second kappa shape index (κ2) is 6.52. The first-order valence-electron chi connectivity index (χ1n) is 8.86. The van der Waals surface area contributed by atoms with Gasteiger partial charge in [-0.25, -0.2) is 0 Å². The highest BCUT2D eigenvalue weighted by molar-refractivity contribution is 5.95. The third-order valence-corrected chi connectivity index (χ3v) is 4.99. The van der Waals surface area contributed by atoms with Crippen molar-refractivity contribution in [2.75, 3.05) is 38.9 Å². The minimum atomic E-state index is 0.0336. The van der Waals surface area contributed by atoms with Crippen LogP contribution in [-0.2, 0) is 0 Å². The van der Waals surface area contributed by atoms with Gasteiger partial charge in [0.1, 0.15) is 0 Å². The standard InChI is InChI=1S/C20H23N3O3/c1-13-8-16(22(2)3)10-17(21-13)15-6-7-23(11-15)20(24)14-4-5-18-19(9-14)26-12-25-18/h4-5,8-10,15H,6-7,11-12H2,1-3H3/t15-/m1/s1. The molecule has 0 N–H and O–H groups in total. The molecule has 0 bridgehead atoms. The zero-order valence-electron chi connectivity index (χ0n) is 15.4. The van der Waals surface area contributed by atoms with Gasteiger partial charge in [-0.1, -0.05) is 0 Å². The molecule has 136 valence electrons. The number of fused-ring (bicyclic) bond motifs is 1. The number of ether oxygens (including phenoxy) is 2. The van der Waals surface area contributed by atoms with Crippen LogP contribution < -0.4 is 14.4 Å². The molecule has 2 aromatic rings. The third-order valence-electron chi connectivity index (χ3n) is 4.99. The maximum atomic E-state index is 12.9. The van der Waals surface area contributed by atoms with Crippen molar-refractivity contribution in [2.45, 2.75) is 19.3 Å². The van der Waals surface area contributed by atoms with Crippen LogP contribution in [0, 0.1) is 6.92 Å². The van der Waals surface area contributed by atoms with E-state index in [2.05, 4.69) is 17.0 Å². The van der Waals surface area contributed by atoms with Crippen LogP contribution in [0.4, 0.5) is 5.69 Å². The lowest BCUT2D eigenvalue weighted by Crippen LogP contribution is -2.28. The smallest absolute Gasteiger partial charge is 0.254 e. The molecule has 6 nitrogen and oxygen atoms in total. The molecule has 0 unspecified atom stereocenters. The van der Waals surface area contributed by atoms with E-state index in [9.17, 15) is 4.79 Å². The van der Waals surface area contributed by atoms with Crippen molar-refractivity contribution >= 4 is 11.6 Å². The lowest BCUT2D eigenvalue weighted by Gasteiger charge is -2.19. The molecule has 2 aliphatic heterocycles. The van der Waals surface area contributed by atoms with Gasteiger partial charge in [-0.3, -0.25) is 9.78 Å². The monoisotopic (exact) mass is 353 g/mol. The Morgan fingerprint density at radius 1 is 1.19 bits per heavy atom. The molecule has 1 amide bonds. The summed E-state index contributed by atoms with van der Waals surface area (Å²) in [6, 6.07) is 9.58. The molecular formula is C20H23N3O3. The predicted octanol–water partition coefficient (Wildman–Crippen LogP) is 2.81. The Kier molecular flexibility index (Phi) is 4.18. The van der Waals surface area contributed by atoms with Crippen molar-refractivity contribution in [1.82, 2.24) is 9.88 Å². The van der Waals surface area contributed by atoms with E-state index in [-0.39, 0.29) is 18.6 Å². The molecule has 1 fully saturated rings. The average molecular weight is 353 g/mol. The van der Waals surface area contributed by atoms with Gasteiger partial charge in [0.15, 0.2) is 11.5 Å². The summed E-state index contributed by atoms with van der Waals surface area (Å²) in [7, 11) is 4.06. The van der Waals surface area contributed by atoms with Crippen LogP contribution >= 0.6 is 0 Å². The first-order chi connectivity index (χ1) is 12.5. The normalized spacial score (nSPS) is 18.3. The number of carbonyl (C=O) groups is 1. The van der Waals surface area contributed by atoms with Gasteiger partial charge >= 0.3 is 0 Å². The van der Waals surface area contributed by atoms with Gasteiger partial charge in [-0.2, -0.15) is 0 Å². The summed E-state index contributed by atoms with van der Waals surface area (Å²) >= 11 is 0. The summed E-state index contributed by atoms with van der Waals surface area (Å²) < 4.78 is 10.7. The second-order valence-electron chi connectivity index (χ2n) is 7.09. The van der Waals surface area contributed by atoms with E-state index in [0.29, 0.717) is 23.6 Å². The zero-order chi connectivity index (χ0) is 18.3. The summed E-state index contributed by atoms with van der Waals surface area (Å²) in [5.41, 5.74) is 3.86. The highest BCUT2D eigenvalue weighted by Gasteiger charge is 2.30. The number of amides is 1. The number of nitrogens with zero attached hydrogens (tertiary/aromatic N) is 3. The summed E-state index contributed by atoms with van der Waals surface area (Å²) in [6.45, 7) is 3.66. The lowest BCUT2D eigenvalue weighted by atomic mass is 10.0. The number of hydrogen-bond acceptors (Lipinski definition) is 5. The molecular weight excluding hydrogens is 330 g/mol. The Balaban J connectivity index is 1.51. The van der Waals surface area contributed by atoms with Crippen molar-refractivity contribution in [3.8, 4) is 11.5 Å². The van der Waals surface area contributed by atoms with E-state index < -0.39 is 0 Å². The Labute approximate surface area is 153 Å². The minimum absolute atomic E-state index is 0.0336. The van der Waals surface area contributed by atoms with Gasteiger partial charge in [-0.15, -0.1) is 0 Å². The van der Waals surface area contributed by atoms with Crippen LogP contribution in [0.2, 0.25) is 0 Å². The fourth-order valence-corrected chi connectivity index (χ4v) is 3.54. The SMILES string of the molecule is Cc1cc(N(C)C)cc([C@@H]2CCN(C(=O)c3ccc4c(c3)OCO4)C2)n1. The van der Waals surface area contributed by atoms with Crippen molar-refractivity contribution < 1.29 is 14.3 Å². The van der Waals surface area contributed by atoms with Crippen molar-refractivity contribution in [2.24, 2.45) is 0 Å². The highest BCUT2D eigenvalue weighted by atomic mass is 16.7. The Morgan fingerprint density at radius 3 is 2.81 bits per heavy atom.